The summed E-state index contributed by atoms with van der Waals surface area (Å²) in [6.07, 6.45) is -2.27. The van der Waals surface area contributed by atoms with Gasteiger partial charge in [0.15, 0.2) is 0 Å². The average Bonchev–Trinajstić information content (AvgIpc) is 2.26. The molecular formula is C12H16BrClF3NO. The van der Waals surface area contributed by atoms with Crippen molar-refractivity contribution in [1.29, 1.82) is 0 Å². The van der Waals surface area contributed by atoms with Gasteiger partial charge in [-0.15, -0.1) is 25.6 Å². The first-order valence-electron chi connectivity index (χ1n) is 5.64. The fourth-order valence-electron chi connectivity index (χ4n) is 1.61. The van der Waals surface area contributed by atoms with Crippen LogP contribution in [-0.2, 0) is 0 Å². The van der Waals surface area contributed by atoms with Crippen LogP contribution in [0.2, 0.25) is 0 Å². The molecule has 110 valence electrons. The first kappa shape index (κ1) is 18.5. The summed E-state index contributed by atoms with van der Waals surface area (Å²) in [6.45, 7) is 2.00. The van der Waals surface area contributed by atoms with E-state index in [0.717, 1.165) is 12.8 Å². The third-order valence-electron chi connectivity index (χ3n) is 2.47. The molecule has 0 bridgehead atoms. The first-order chi connectivity index (χ1) is 8.33. The number of nitrogens with two attached hydrogens (primary N) is 1. The lowest BCUT2D eigenvalue weighted by Crippen LogP contribution is -2.20. The molecule has 0 aromatic heterocycles. The van der Waals surface area contributed by atoms with Crippen molar-refractivity contribution in [2.45, 2.75) is 38.6 Å². The zero-order chi connectivity index (χ0) is 13.8. The zero-order valence-corrected chi connectivity index (χ0v) is 12.7. The molecule has 7 heteroatoms. The second-order valence-electron chi connectivity index (χ2n) is 3.98. The Balaban J connectivity index is 0.00000324. The molecule has 0 saturated heterocycles. The van der Waals surface area contributed by atoms with Gasteiger partial charge in [-0.05, 0) is 24.6 Å². The minimum Gasteiger partial charge on any atom is -0.405 e. The lowest BCUT2D eigenvalue weighted by atomic mass is 10.0. The highest BCUT2D eigenvalue weighted by Gasteiger charge is 2.32. The Kier molecular flexibility index (Phi) is 7.78. The molecule has 0 fully saturated rings. The van der Waals surface area contributed by atoms with Crippen molar-refractivity contribution >= 4 is 28.3 Å². The van der Waals surface area contributed by atoms with Crippen LogP contribution in [0.4, 0.5) is 13.2 Å². The van der Waals surface area contributed by atoms with E-state index >= 15 is 0 Å². The maximum Gasteiger partial charge on any atom is 0.573 e. The van der Waals surface area contributed by atoms with Crippen molar-refractivity contribution in [3.8, 4) is 5.75 Å². The van der Waals surface area contributed by atoms with E-state index in [4.69, 9.17) is 5.73 Å². The summed E-state index contributed by atoms with van der Waals surface area (Å²) in [5.41, 5.74) is 6.27. The molecule has 0 aliphatic rings. The van der Waals surface area contributed by atoms with Crippen molar-refractivity contribution in [3.05, 3.63) is 28.2 Å². The summed E-state index contributed by atoms with van der Waals surface area (Å²) in [7, 11) is 0. The maximum absolute atomic E-state index is 12.3. The van der Waals surface area contributed by atoms with E-state index in [-0.39, 0.29) is 18.2 Å². The topological polar surface area (TPSA) is 35.2 Å². The number of alkyl halides is 3. The molecule has 0 aliphatic carbocycles. The Hall–Kier alpha value is -0.460. The largest absolute Gasteiger partial charge is 0.573 e. The molecule has 2 N–H and O–H groups in total. The van der Waals surface area contributed by atoms with Crippen LogP contribution in [-0.4, -0.2) is 6.36 Å². The average molecular weight is 363 g/mol. The Labute approximate surface area is 125 Å². The van der Waals surface area contributed by atoms with Gasteiger partial charge in [-0.3, -0.25) is 0 Å². The molecule has 0 unspecified atom stereocenters. The second kappa shape index (κ2) is 7.97. The predicted octanol–water partition coefficient (Wildman–Crippen LogP) is 4.96. The van der Waals surface area contributed by atoms with E-state index in [1.165, 1.54) is 12.1 Å². The van der Waals surface area contributed by atoms with Gasteiger partial charge < -0.3 is 10.5 Å². The SMILES string of the molecule is CCCC[C@@H](N)c1cc(Br)ccc1OC(F)(F)F.Cl. The van der Waals surface area contributed by atoms with E-state index < -0.39 is 12.4 Å². The highest BCUT2D eigenvalue weighted by Crippen LogP contribution is 2.33. The van der Waals surface area contributed by atoms with Crippen LogP contribution >= 0.6 is 28.3 Å². The normalized spacial score (nSPS) is 12.7. The van der Waals surface area contributed by atoms with Crippen molar-refractivity contribution in [2.75, 3.05) is 0 Å². The molecule has 0 spiro atoms. The van der Waals surface area contributed by atoms with Crippen LogP contribution in [0.15, 0.2) is 22.7 Å². The first-order valence-corrected chi connectivity index (χ1v) is 6.43. The summed E-state index contributed by atoms with van der Waals surface area (Å²) in [5, 5.41) is 0. The van der Waals surface area contributed by atoms with E-state index in [9.17, 15) is 13.2 Å². The highest BCUT2D eigenvalue weighted by atomic mass is 79.9. The van der Waals surface area contributed by atoms with Gasteiger partial charge in [0.25, 0.3) is 0 Å². The molecule has 1 aromatic carbocycles. The van der Waals surface area contributed by atoms with Gasteiger partial charge in [0.05, 0.1) is 0 Å². The van der Waals surface area contributed by atoms with E-state index in [2.05, 4.69) is 20.7 Å². The van der Waals surface area contributed by atoms with Crippen LogP contribution in [0.25, 0.3) is 0 Å². The van der Waals surface area contributed by atoms with Crippen molar-refractivity contribution in [1.82, 2.24) is 0 Å². The number of unbranched alkanes of at least 4 members (excludes halogenated alkanes) is 1. The second-order valence-corrected chi connectivity index (χ2v) is 4.89. The Morgan fingerprint density at radius 2 is 2.00 bits per heavy atom. The van der Waals surface area contributed by atoms with Gasteiger partial charge in [-0.25, -0.2) is 0 Å². The van der Waals surface area contributed by atoms with E-state index in [0.29, 0.717) is 16.5 Å². The number of benzene rings is 1. The fraction of sp³-hybridized carbons (Fsp3) is 0.500. The summed E-state index contributed by atoms with van der Waals surface area (Å²) in [6, 6.07) is 3.89. The predicted molar refractivity (Wildman–Crippen MR) is 74.5 cm³/mol. The molecule has 0 amide bonds. The Morgan fingerprint density at radius 1 is 1.37 bits per heavy atom. The fourth-order valence-corrected chi connectivity index (χ4v) is 1.99. The monoisotopic (exact) mass is 361 g/mol. The third kappa shape index (κ3) is 6.49. The smallest absolute Gasteiger partial charge is 0.405 e. The minimum absolute atomic E-state index is 0. The lowest BCUT2D eigenvalue weighted by Gasteiger charge is -2.18. The summed E-state index contributed by atoms with van der Waals surface area (Å²) < 4.78 is 41.5. The van der Waals surface area contributed by atoms with Crippen LogP contribution in [0.1, 0.15) is 37.8 Å². The number of rotatable bonds is 5. The van der Waals surface area contributed by atoms with Gasteiger partial charge in [-0.1, -0.05) is 35.7 Å². The van der Waals surface area contributed by atoms with Crippen molar-refractivity contribution in [2.24, 2.45) is 5.73 Å². The third-order valence-corrected chi connectivity index (χ3v) is 2.96. The molecule has 1 rings (SSSR count). The zero-order valence-electron chi connectivity index (χ0n) is 10.3. The standard InChI is InChI=1S/C12H15BrF3NO.ClH/c1-2-3-4-10(17)9-7-8(13)5-6-11(9)18-12(14,15)16;/h5-7,10H,2-4,17H2,1H3;1H/t10-;/m1./s1. The maximum atomic E-state index is 12.3. The number of hydrogen-bond donors (Lipinski definition) is 1. The van der Waals surface area contributed by atoms with Crippen LogP contribution in [0.5, 0.6) is 5.75 Å². The number of hydrogen-bond acceptors (Lipinski definition) is 2. The highest BCUT2D eigenvalue weighted by molar-refractivity contribution is 9.10. The van der Waals surface area contributed by atoms with E-state index in [1.54, 1.807) is 6.07 Å². The molecule has 2 nitrogen and oxygen atoms in total. The van der Waals surface area contributed by atoms with Gasteiger partial charge in [0.1, 0.15) is 5.75 Å². The summed E-state index contributed by atoms with van der Waals surface area (Å²) >= 11 is 3.22. The van der Waals surface area contributed by atoms with Gasteiger partial charge in [0.2, 0.25) is 0 Å². The molecule has 0 saturated carbocycles. The van der Waals surface area contributed by atoms with Gasteiger partial charge >= 0.3 is 6.36 Å². The molecule has 0 aliphatic heterocycles. The Bertz CT molecular complexity index is 401. The van der Waals surface area contributed by atoms with Crippen LogP contribution < -0.4 is 10.5 Å². The number of ether oxygens (including phenoxy) is 1. The molecule has 1 aromatic rings. The molecule has 0 radical (unpaired) electrons. The van der Waals surface area contributed by atoms with Crippen molar-refractivity contribution in [3.63, 3.8) is 0 Å². The lowest BCUT2D eigenvalue weighted by molar-refractivity contribution is -0.275. The summed E-state index contributed by atoms with van der Waals surface area (Å²) in [4.78, 5) is 0. The summed E-state index contributed by atoms with van der Waals surface area (Å²) in [5.74, 6) is -0.227. The van der Waals surface area contributed by atoms with E-state index in [1.807, 2.05) is 6.92 Å². The molecular weight excluding hydrogens is 346 g/mol. The van der Waals surface area contributed by atoms with Gasteiger partial charge in [0, 0.05) is 16.1 Å². The Morgan fingerprint density at radius 3 is 2.53 bits per heavy atom. The quantitative estimate of drug-likeness (QED) is 0.803. The molecule has 1 atom stereocenters. The minimum atomic E-state index is -4.70. The molecule has 19 heavy (non-hydrogen) atoms. The molecule has 0 heterocycles. The van der Waals surface area contributed by atoms with Crippen molar-refractivity contribution < 1.29 is 17.9 Å². The van der Waals surface area contributed by atoms with Crippen LogP contribution in [0.3, 0.4) is 0 Å². The van der Waals surface area contributed by atoms with Crippen LogP contribution in [0, 0.1) is 0 Å². The number of halogens is 5. The van der Waals surface area contributed by atoms with Gasteiger partial charge in [-0.2, -0.15) is 0 Å².